The number of phenols is 1. The maximum Gasteiger partial charge on any atom is 0.350 e. The molecule has 0 radical (unpaired) electrons. The first-order chi connectivity index (χ1) is 44.8. The molecule has 5 N–H and O–H groups in total. The third-order valence-corrected chi connectivity index (χ3v) is 17.9. The number of rotatable bonds is 24. The average Bonchev–Trinajstić information content (AvgIpc) is 0.735. The maximum atomic E-state index is 15.7. The van der Waals surface area contributed by atoms with Crippen molar-refractivity contribution in [2.75, 3.05) is 44.2 Å². The molecular weight excluding hydrogens is 1220 g/mol. The van der Waals surface area contributed by atoms with Gasteiger partial charge >= 0.3 is 35.8 Å². The summed E-state index contributed by atoms with van der Waals surface area (Å²) in [5.41, 5.74) is 1.16. The number of anilines is 1. The first kappa shape index (κ1) is 68.5. The van der Waals surface area contributed by atoms with Crippen molar-refractivity contribution in [2.24, 2.45) is 23.2 Å². The van der Waals surface area contributed by atoms with Gasteiger partial charge in [-0.25, -0.2) is 19.2 Å². The number of benzene rings is 4. The van der Waals surface area contributed by atoms with Crippen LogP contribution < -0.4 is 21.0 Å². The second-order valence-corrected chi connectivity index (χ2v) is 24.2. The van der Waals surface area contributed by atoms with Crippen molar-refractivity contribution in [1.82, 2.24) is 21.0 Å². The van der Waals surface area contributed by atoms with E-state index in [4.69, 9.17) is 33.3 Å². The van der Waals surface area contributed by atoms with Gasteiger partial charge in [0.1, 0.15) is 36.6 Å². The number of Topliss-reactive ketones (excluding diaryl/α,β-unsaturated/α-hetero) is 1. The number of aliphatic hydroxyl groups excluding tert-OH is 1. The fourth-order valence-corrected chi connectivity index (χ4v) is 13.3. The Balaban J connectivity index is 1.00. The van der Waals surface area contributed by atoms with Gasteiger partial charge in [0.2, 0.25) is 12.0 Å². The van der Waals surface area contributed by atoms with Crippen molar-refractivity contribution in [2.45, 2.75) is 116 Å². The summed E-state index contributed by atoms with van der Waals surface area (Å²) in [6.45, 7) is 10.5. The quantitative estimate of drug-likeness (QED) is 0.0118. The normalized spacial score (nSPS) is 24.1. The van der Waals surface area contributed by atoms with Crippen molar-refractivity contribution in [1.29, 1.82) is 0 Å². The fraction of sp³-hybridized carbons (Fsp3) is 0.406. The number of hydrogen-bond acceptors (Lipinski definition) is 22. The molecule has 25 heteroatoms. The van der Waals surface area contributed by atoms with Gasteiger partial charge in [0, 0.05) is 99.4 Å². The molecule has 2 saturated carbocycles. The predicted octanol–water partition coefficient (Wildman–Crippen LogP) is 4.90. The van der Waals surface area contributed by atoms with E-state index in [9.17, 15) is 53.4 Å². The Morgan fingerprint density at radius 1 is 0.819 bits per heavy atom. The number of ketones is 1. The number of carbonyl (C=O) groups excluding carboxylic acids is 11. The molecule has 496 valence electrons. The molecule has 1 saturated heterocycles. The first-order valence-corrected chi connectivity index (χ1v) is 30.8. The van der Waals surface area contributed by atoms with Crippen LogP contribution in [-0.4, -0.2) is 162 Å². The second-order valence-electron chi connectivity index (χ2n) is 24.2. The molecular formula is C69H75N5O20. The number of phenolic OH excluding ortho intramolecular Hbond substituents is 1. The predicted molar refractivity (Wildman–Crippen MR) is 333 cm³/mol. The highest BCUT2D eigenvalue weighted by Gasteiger charge is 2.71. The summed E-state index contributed by atoms with van der Waals surface area (Å²) in [6, 6.07) is 27.4. The molecule has 0 spiro atoms. The number of fused-ring (bicyclic) bond motifs is 5. The van der Waals surface area contributed by atoms with Crippen LogP contribution in [0.15, 0.2) is 138 Å². The largest absolute Gasteiger partial charge is 0.507 e. The van der Waals surface area contributed by atoms with Crippen LogP contribution >= 0.6 is 0 Å². The Morgan fingerprint density at radius 2 is 1.47 bits per heavy atom. The number of imide groups is 1. The van der Waals surface area contributed by atoms with Gasteiger partial charge in [-0.2, -0.15) is 5.48 Å². The summed E-state index contributed by atoms with van der Waals surface area (Å²) in [4.78, 5) is 157. The van der Waals surface area contributed by atoms with Crippen LogP contribution in [0.3, 0.4) is 0 Å². The van der Waals surface area contributed by atoms with Crippen LogP contribution in [0.4, 0.5) is 5.69 Å². The Labute approximate surface area is 541 Å². The number of carbonyl (C=O) groups is 11. The van der Waals surface area contributed by atoms with E-state index < -0.39 is 143 Å². The van der Waals surface area contributed by atoms with Gasteiger partial charge < -0.3 is 59.0 Å². The van der Waals surface area contributed by atoms with Crippen LogP contribution in [0, 0.1) is 23.2 Å². The number of hydrogen-bond donors (Lipinski definition) is 5. The molecule has 3 fully saturated rings. The molecule has 6 unspecified atom stereocenters. The van der Waals surface area contributed by atoms with E-state index in [0.717, 1.165) is 24.0 Å². The summed E-state index contributed by atoms with van der Waals surface area (Å²) in [6.07, 6.45) is -6.08. The molecule has 5 aliphatic rings. The van der Waals surface area contributed by atoms with Gasteiger partial charge in [0.05, 0.1) is 30.1 Å². The molecule has 2 aliphatic heterocycles. The molecule has 4 amide bonds. The lowest BCUT2D eigenvalue weighted by atomic mass is 9.50. The SMILES string of the molecule is CCN(CCNOC(=O)CNC(=O)CCN1C(=O)C=CC1=O)c1ccc(/C=C(\C)C(=O)OC(C(=O)OC2CC3[C@@H](OC(=O)c4ccccc4)C4C(C(=O)[C@H](OC(C)=O)C(=C2C)C3(C)C)C(O)C[C@H]2OC[C@@]42OC(C)=O)[C@@H](NC(=O)c2ccccc2)c2ccccc2)c(O)c1. The zero-order valence-electron chi connectivity index (χ0n) is 52.9. The minimum atomic E-state index is -2.01. The van der Waals surface area contributed by atoms with Crippen LogP contribution in [0.2, 0.25) is 0 Å². The van der Waals surface area contributed by atoms with Gasteiger partial charge in [-0.1, -0.05) is 80.6 Å². The monoisotopic (exact) mass is 1290 g/mol. The number of amides is 4. The molecule has 4 aromatic rings. The average molecular weight is 1290 g/mol. The minimum Gasteiger partial charge on any atom is -0.507 e. The second kappa shape index (κ2) is 29.4. The number of likely N-dealkylation sites (N-methyl/N-ethyl adjacent to an activating group) is 1. The van der Waals surface area contributed by atoms with E-state index in [1.165, 1.54) is 44.2 Å². The number of hydroxylamine groups is 1. The summed E-state index contributed by atoms with van der Waals surface area (Å²) in [5.74, 6) is -12.8. The highest BCUT2D eigenvalue weighted by molar-refractivity contribution is 6.13. The lowest BCUT2D eigenvalue weighted by molar-refractivity contribution is -0.321. The number of aliphatic hydroxyl groups is 1. The van der Waals surface area contributed by atoms with E-state index in [1.807, 2.05) is 11.8 Å². The van der Waals surface area contributed by atoms with Crippen LogP contribution in [-0.2, 0) is 76.4 Å². The fourth-order valence-electron chi connectivity index (χ4n) is 13.3. The topological polar surface area (TPSA) is 335 Å². The number of nitrogens with one attached hydrogen (secondary N) is 3. The zero-order valence-corrected chi connectivity index (χ0v) is 52.9. The molecule has 0 aromatic heterocycles. The molecule has 25 nitrogen and oxygen atoms in total. The van der Waals surface area contributed by atoms with E-state index >= 15 is 9.59 Å². The Hall–Kier alpha value is -9.85. The first-order valence-electron chi connectivity index (χ1n) is 30.8. The third kappa shape index (κ3) is 15.0. The van der Waals surface area contributed by atoms with Crippen molar-refractivity contribution in [3.8, 4) is 5.75 Å². The highest BCUT2D eigenvalue weighted by Crippen LogP contribution is 2.60. The third-order valence-electron chi connectivity index (χ3n) is 17.9. The van der Waals surface area contributed by atoms with Gasteiger partial charge in [0.25, 0.3) is 17.7 Å². The zero-order chi connectivity index (χ0) is 67.8. The molecule has 11 atom stereocenters. The molecule has 94 heavy (non-hydrogen) atoms. The van der Waals surface area contributed by atoms with E-state index in [2.05, 4.69) is 16.1 Å². The molecule has 2 bridgehead atoms. The number of ether oxygens (including phenoxy) is 6. The molecule has 4 aromatic carbocycles. The van der Waals surface area contributed by atoms with Crippen molar-refractivity contribution in [3.63, 3.8) is 0 Å². The van der Waals surface area contributed by atoms with Gasteiger partial charge in [-0.15, -0.1) is 0 Å². The number of nitrogens with zero attached hydrogens (tertiary/aromatic N) is 2. The summed E-state index contributed by atoms with van der Waals surface area (Å²) in [5, 5.41) is 28.8. The van der Waals surface area contributed by atoms with Crippen molar-refractivity contribution >= 4 is 77.0 Å². The number of esters is 5. The molecule has 9 rings (SSSR count). The highest BCUT2D eigenvalue weighted by atomic mass is 16.7. The van der Waals surface area contributed by atoms with Crippen molar-refractivity contribution in [3.05, 3.63) is 160 Å². The Kier molecular flexibility index (Phi) is 21.4. The van der Waals surface area contributed by atoms with E-state index in [-0.39, 0.29) is 84.7 Å². The van der Waals surface area contributed by atoms with Gasteiger partial charge in [-0.05, 0) is 91.8 Å². The van der Waals surface area contributed by atoms with Crippen LogP contribution in [0.5, 0.6) is 5.75 Å². The Bertz CT molecular complexity index is 3670. The molecule has 2 heterocycles. The minimum absolute atomic E-state index is 0.0996. The Morgan fingerprint density at radius 3 is 2.07 bits per heavy atom. The summed E-state index contributed by atoms with van der Waals surface area (Å²) in [7, 11) is 0. The van der Waals surface area contributed by atoms with Crippen molar-refractivity contribution < 1.29 is 96.2 Å². The smallest absolute Gasteiger partial charge is 0.350 e. The standard InChI is InChI=1S/C69H75N5O20/c1-8-73(31-29-71-94-55(82)36-70-52(79)28-30-74-53(80)26-27-54(74)81)46-25-24-45(48(77)33-46)32-38(2)65(85)92-63(59(42-18-12-9-13-19-42)72-64(84)43-20-14-10-15-21-43)67(87)90-50-34-47-61(91-66(86)44-22-16-11-17-23-44)58-56(49(78)35-51-69(58,37-88-51)93-41(5)76)60(83)62(89-40(4)75)57(39(50)3)68(47,6)7/h9-27,32-33,47,49-51,56,58-59,61-63,71,77-78H,8,28-31,34-37H2,1-7H3,(H,70,79)(H,72,84)/b38-32+/t47?,49?,50?,51-,56?,58?,59+,61-,62-,63?,69+/m1/s1. The summed E-state index contributed by atoms with van der Waals surface area (Å²) >= 11 is 0. The summed E-state index contributed by atoms with van der Waals surface area (Å²) < 4.78 is 37.5. The van der Waals surface area contributed by atoms with Gasteiger partial charge in [-0.3, -0.25) is 38.5 Å². The number of aromatic hydroxyl groups is 1. The van der Waals surface area contributed by atoms with Crippen LogP contribution in [0.25, 0.3) is 6.08 Å². The molecule has 3 aliphatic carbocycles. The van der Waals surface area contributed by atoms with E-state index in [0.29, 0.717) is 17.8 Å². The maximum absolute atomic E-state index is 15.7. The van der Waals surface area contributed by atoms with E-state index in [1.54, 1.807) is 106 Å². The van der Waals surface area contributed by atoms with Gasteiger partial charge in [0.15, 0.2) is 17.5 Å². The van der Waals surface area contributed by atoms with Crippen LogP contribution in [0.1, 0.15) is 106 Å². The lowest BCUT2D eigenvalue weighted by Gasteiger charge is -2.62. The lowest BCUT2D eigenvalue weighted by Crippen LogP contribution is -2.76.